The average molecular weight is 193 g/mol. The molecule has 0 amide bonds. The van der Waals surface area contributed by atoms with Crippen LogP contribution in [0.15, 0.2) is 24.3 Å². The van der Waals surface area contributed by atoms with Crippen LogP contribution in [0, 0.1) is 0 Å². The van der Waals surface area contributed by atoms with Gasteiger partial charge in [0.15, 0.2) is 0 Å². The minimum atomic E-state index is 0.764. The molecule has 0 fully saturated rings. The fourth-order valence-electron chi connectivity index (χ4n) is 1.93. The maximum Gasteiger partial charge on any atom is 0.0396 e. The predicted octanol–water partition coefficient (Wildman–Crippen LogP) is 2.41. The van der Waals surface area contributed by atoms with Gasteiger partial charge in [0.2, 0.25) is 0 Å². The molecule has 0 bridgehead atoms. The molecule has 0 saturated carbocycles. The highest BCUT2D eigenvalue weighted by Crippen LogP contribution is 2.29. The lowest BCUT2D eigenvalue weighted by Crippen LogP contribution is -2.33. The third-order valence-electron chi connectivity index (χ3n) is 2.66. The largest absolute Gasteiger partial charge is 0.373 e. The number of thioether (sulfide) groups is 1. The Bertz CT molecular complexity index is 298. The van der Waals surface area contributed by atoms with Crippen molar-refractivity contribution in [2.45, 2.75) is 11.7 Å². The van der Waals surface area contributed by atoms with Crippen molar-refractivity contribution in [3.63, 3.8) is 0 Å². The van der Waals surface area contributed by atoms with Crippen LogP contribution in [0.2, 0.25) is 0 Å². The lowest BCUT2D eigenvalue weighted by atomic mass is 10.0. The standard InChI is InChI=1S/C11H15NS/c1-12-8-10(13-2)7-9-5-3-4-6-11(9)12/h3-6,10H,7-8H2,1-2H3. The summed E-state index contributed by atoms with van der Waals surface area (Å²) in [5.41, 5.74) is 2.91. The summed E-state index contributed by atoms with van der Waals surface area (Å²) in [4.78, 5) is 2.36. The average Bonchev–Trinajstić information content (AvgIpc) is 2.18. The Balaban J connectivity index is 2.31. The van der Waals surface area contributed by atoms with Crippen molar-refractivity contribution in [2.75, 3.05) is 24.7 Å². The van der Waals surface area contributed by atoms with Gasteiger partial charge in [0.05, 0.1) is 0 Å². The summed E-state index contributed by atoms with van der Waals surface area (Å²) in [6.45, 7) is 1.18. The van der Waals surface area contributed by atoms with Crippen molar-refractivity contribution in [2.24, 2.45) is 0 Å². The minimum absolute atomic E-state index is 0.764. The molecule has 2 heteroatoms. The van der Waals surface area contributed by atoms with Crippen LogP contribution in [0.5, 0.6) is 0 Å². The SMILES string of the molecule is CSC1Cc2ccccc2N(C)C1. The summed E-state index contributed by atoms with van der Waals surface area (Å²) >= 11 is 1.97. The Labute approximate surface area is 84.1 Å². The van der Waals surface area contributed by atoms with Crippen LogP contribution in [-0.4, -0.2) is 25.1 Å². The molecule has 1 unspecified atom stereocenters. The van der Waals surface area contributed by atoms with Gasteiger partial charge in [-0.15, -0.1) is 0 Å². The number of para-hydroxylation sites is 1. The highest BCUT2D eigenvalue weighted by Gasteiger charge is 2.20. The molecule has 1 aromatic carbocycles. The lowest BCUT2D eigenvalue weighted by Gasteiger charge is -2.32. The van der Waals surface area contributed by atoms with Gasteiger partial charge in [0.1, 0.15) is 0 Å². The summed E-state index contributed by atoms with van der Waals surface area (Å²) in [5, 5.41) is 0.764. The maximum atomic E-state index is 2.36. The molecule has 0 aromatic heterocycles. The monoisotopic (exact) mass is 193 g/mol. The van der Waals surface area contributed by atoms with Crippen molar-refractivity contribution >= 4 is 17.4 Å². The molecule has 0 radical (unpaired) electrons. The first-order valence-corrected chi connectivity index (χ1v) is 5.92. The molecule has 0 spiro atoms. The first-order valence-electron chi connectivity index (χ1n) is 4.63. The van der Waals surface area contributed by atoms with Crippen molar-refractivity contribution in [3.05, 3.63) is 29.8 Å². The number of hydrogen-bond acceptors (Lipinski definition) is 2. The van der Waals surface area contributed by atoms with Crippen LogP contribution < -0.4 is 4.90 Å². The van der Waals surface area contributed by atoms with Crippen molar-refractivity contribution < 1.29 is 0 Å². The number of anilines is 1. The number of rotatable bonds is 1. The summed E-state index contributed by atoms with van der Waals surface area (Å²) in [5.74, 6) is 0. The first kappa shape index (κ1) is 8.95. The second kappa shape index (κ2) is 3.62. The Morgan fingerprint density at radius 2 is 2.15 bits per heavy atom. The zero-order valence-corrected chi connectivity index (χ0v) is 8.97. The lowest BCUT2D eigenvalue weighted by molar-refractivity contribution is 0.762. The van der Waals surface area contributed by atoms with Gasteiger partial charge < -0.3 is 4.90 Å². The van der Waals surface area contributed by atoms with E-state index in [4.69, 9.17) is 0 Å². The van der Waals surface area contributed by atoms with Crippen molar-refractivity contribution in [1.29, 1.82) is 0 Å². The van der Waals surface area contributed by atoms with Gasteiger partial charge in [0, 0.05) is 24.5 Å². The Morgan fingerprint density at radius 3 is 2.92 bits per heavy atom. The maximum absolute atomic E-state index is 2.36. The van der Waals surface area contributed by atoms with Gasteiger partial charge >= 0.3 is 0 Å². The van der Waals surface area contributed by atoms with E-state index in [2.05, 4.69) is 42.5 Å². The zero-order chi connectivity index (χ0) is 9.26. The number of nitrogens with zero attached hydrogens (tertiary/aromatic N) is 1. The molecule has 1 nitrogen and oxygen atoms in total. The van der Waals surface area contributed by atoms with Gasteiger partial charge in [-0.2, -0.15) is 11.8 Å². The Kier molecular flexibility index (Phi) is 2.49. The van der Waals surface area contributed by atoms with Gasteiger partial charge in [-0.3, -0.25) is 0 Å². The van der Waals surface area contributed by atoms with Crippen LogP contribution in [0.4, 0.5) is 5.69 Å². The topological polar surface area (TPSA) is 3.24 Å². The predicted molar refractivity (Wildman–Crippen MR) is 60.7 cm³/mol. The minimum Gasteiger partial charge on any atom is -0.373 e. The fourth-order valence-corrected chi connectivity index (χ4v) is 2.65. The Morgan fingerprint density at radius 1 is 1.38 bits per heavy atom. The molecule has 13 heavy (non-hydrogen) atoms. The van der Waals surface area contributed by atoms with E-state index in [9.17, 15) is 0 Å². The van der Waals surface area contributed by atoms with E-state index < -0.39 is 0 Å². The van der Waals surface area contributed by atoms with E-state index in [0.717, 1.165) is 5.25 Å². The third kappa shape index (κ3) is 1.68. The highest BCUT2D eigenvalue weighted by atomic mass is 32.2. The molecular formula is C11H15NS. The zero-order valence-electron chi connectivity index (χ0n) is 8.16. The molecule has 1 atom stereocenters. The molecule has 1 heterocycles. The third-order valence-corrected chi connectivity index (χ3v) is 3.64. The van der Waals surface area contributed by atoms with E-state index in [0.29, 0.717) is 0 Å². The van der Waals surface area contributed by atoms with E-state index >= 15 is 0 Å². The van der Waals surface area contributed by atoms with E-state index in [1.165, 1.54) is 24.2 Å². The van der Waals surface area contributed by atoms with Crippen LogP contribution in [0.1, 0.15) is 5.56 Å². The van der Waals surface area contributed by atoms with Gasteiger partial charge in [-0.05, 0) is 24.3 Å². The summed E-state index contributed by atoms with van der Waals surface area (Å²) < 4.78 is 0. The molecule has 0 aliphatic carbocycles. The van der Waals surface area contributed by atoms with Crippen molar-refractivity contribution in [1.82, 2.24) is 0 Å². The van der Waals surface area contributed by atoms with E-state index in [1.807, 2.05) is 11.8 Å². The molecule has 1 aromatic rings. The Hall–Kier alpha value is -0.630. The highest BCUT2D eigenvalue weighted by molar-refractivity contribution is 7.99. The van der Waals surface area contributed by atoms with Crippen LogP contribution in [0.3, 0.4) is 0 Å². The number of fused-ring (bicyclic) bond motifs is 1. The van der Waals surface area contributed by atoms with Crippen molar-refractivity contribution in [3.8, 4) is 0 Å². The van der Waals surface area contributed by atoms with Crippen LogP contribution in [-0.2, 0) is 6.42 Å². The van der Waals surface area contributed by atoms with Crippen LogP contribution >= 0.6 is 11.8 Å². The number of benzene rings is 1. The van der Waals surface area contributed by atoms with E-state index in [1.54, 1.807) is 0 Å². The quantitative estimate of drug-likeness (QED) is 0.674. The van der Waals surface area contributed by atoms with Gasteiger partial charge in [-0.1, -0.05) is 18.2 Å². The van der Waals surface area contributed by atoms with Gasteiger partial charge in [0.25, 0.3) is 0 Å². The molecule has 0 N–H and O–H groups in total. The number of hydrogen-bond donors (Lipinski definition) is 0. The first-order chi connectivity index (χ1) is 6.31. The summed E-state index contributed by atoms with van der Waals surface area (Å²) in [7, 11) is 2.18. The molecule has 70 valence electrons. The summed E-state index contributed by atoms with van der Waals surface area (Å²) in [6.07, 6.45) is 3.42. The molecule has 0 saturated heterocycles. The molecule has 2 rings (SSSR count). The molecule has 1 aliphatic heterocycles. The molecular weight excluding hydrogens is 178 g/mol. The van der Waals surface area contributed by atoms with E-state index in [-0.39, 0.29) is 0 Å². The second-order valence-electron chi connectivity index (χ2n) is 3.57. The van der Waals surface area contributed by atoms with Crippen LogP contribution in [0.25, 0.3) is 0 Å². The normalized spacial score (nSPS) is 21.4. The summed E-state index contributed by atoms with van der Waals surface area (Å²) in [6, 6.07) is 8.71. The smallest absolute Gasteiger partial charge is 0.0396 e. The second-order valence-corrected chi connectivity index (χ2v) is 4.71. The fraction of sp³-hybridized carbons (Fsp3) is 0.455. The van der Waals surface area contributed by atoms with Gasteiger partial charge in [-0.25, -0.2) is 0 Å². The molecule has 1 aliphatic rings.